The van der Waals surface area contributed by atoms with Crippen molar-refractivity contribution in [3.8, 4) is 0 Å². The summed E-state index contributed by atoms with van der Waals surface area (Å²) in [5.74, 6) is 0.596. The average molecular weight is 196 g/mol. The maximum absolute atomic E-state index is 11.6. The highest BCUT2D eigenvalue weighted by Gasteiger charge is 2.17. The summed E-state index contributed by atoms with van der Waals surface area (Å²) < 4.78 is 4.77. The molecule has 2 rings (SSSR count). The Kier molecular flexibility index (Phi) is 2.73. The van der Waals surface area contributed by atoms with Gasteiger partial charge in [0.15, 0.2) is 5.76 Å². The molecular weight excluding hydrogens is 184 g/mol. The van der Waals surface area contributed by atoms with E-state index in [1.807, 2.05) is 4.90 Å². The van der Waals surface area contributed by atoms with Crippen LogP contribution in [0.5, 0.6) is 0 Å². The van der Waals surface area contributed by atoms with Crippen LogP contribution in [0.25, 0.3) is 0 Å². The summed E-state index contributed by atoms with van der Waals surface area (Å²) in [5.41, 5.74) is 0. The zero-order valence-electron chi connectivity index (χ0n) is 7.77. The molecule has 0 bridgehead atoms. The van der Waals surface area contributed by atoms with Crippen LogP contribution in [0.4, 0.5) is 0 Å². The van der Waals surface area contributed by atoms with E-state index in [1.54, 1.807) is 0 Å². The molecule has 1 amide bonds. The van der Waals surface area contributed by atoms with Crippen LogP contribution in [0.3, 0.4) is 0 Å². The summed E-state index contributed by atoms with van der Waals surface area (Å²) in [6.07, 6.45) is 1.73. The summed E-state index contributed by atoms with van der Waals surface area (Å²) >= 11 is 0. The lowest BCUT2D eigenvalue weighted by Crippen LogP contribution is -2.46. The molecule has 1 N–H and O–H groups in total. The van der Waals surface area contributed by atoms with Crippen molar-refractivity contribution in [2.45, 2.75) is 6.42 Å². The van der Waals surface area contributed by atoms with Gasteiger partial charge in [0.05, 0.1) is 12.6 Å². The fourth-order valence-corrected chi connectivity index (χ4v) is 1.44. The molecule has 1 saturated heterocycles. The van der Waals surface area contributed by atoms with Gasteiger partial charge in [-0.1, -0.05) is 0 Å². The number of nitrogens with one attached hydrogen (secondary N) is 1. The van der Waals surface area contributed by atoms with Crippen molar-refractivity contribution in [1.29, 1.82) is 0 Å². The van der Waals surface area contributed by atoms with E-state index in [0.29, 0.717) is 5.76 Å². The zero-order valence-corrected chi connectivity index (χ0v) is 7.77. The minimum Gasteiger partial charge on any atom is -0.342 e. The van der Waals surface area contributed by atoms with Crippen molar-refractivity contribution in [2.75, 3.05) is 26.2 Å². The molecule has 1 aromatic heterocycles. The van der Waals surface area contributed by atoms with Gasteiger partial charge < -0.3 is 14.7 Å². The Morgan fingerprint density at radius 3 is 3.00 bits per heavy atom. The van der Waals surface area contributed by atoms with E-state index in [1.165, 1.54) is 6.20 Å². The van der Waals surface area contributed by atoms with Gasteiger partial charge in [-0.05, 0) is 0 Å². The SMILES string of the molecule is O=C(Cc1cnno1)N1CCNCC1. The van der Waals surface area contributed by atoms with Crippen LogP contribution in [0.15, 0.2) is 10.7 Å². The number of carbonyl (C=O) groups is 1. The van der Waals surface area contributed by atoms with Crippen molar-refractivity contribution in [3.63, 3.8) is 0 Å². The highest BCUT2D eigenvalue weighted by Crippen LogP contribution is 2.01. The second-order valence-electron chi connectivity index (χ2n) is 3.19. The van der Waals surface area contributed by atoms with Crippen molar-refractivity contribution in [1.82, 2.24) is 20.6 Å². The van der Waals surface area contributed by atoms with Crippen LogP contribution < -0.4 is 5.32 Å². The first-order valence-electron chi connectivity index (χ1n) is 4.61. The Morgan fingerprint density at radius 1 is 1.57 bits per heavy atom. The van der Waals surface area contributed by atoms with Crippen LogP contribution in [-0.2, 0) is 11.2 Å². The standard InChI is InChI=1S/C8H12N4O2/c13-8(5-7-6-10-11-14-7)12-3-1-9-2-4-12/h6,9H,1-5H2. The lowest BCUT2D eigenvalue weighted by Gasteiger charge is -2.26. The predicted octanol–water partition coefficient (Wildman–Crippen LogP) is -0.956. The molecule has 6 nitrogen and oxygen atoms in total. The molecule has 14 heavy (non-hydrogen) atoms. The van der Waals surface area contributed by atoms with Gasteiger partial charge in [0.2, 0.25) is 5.91 Å². The van der Waals surface area contributed by atoms with Gasteiger partial charge in [-0.2, -0.15) is 0 Å². The Morgan fingerprint density at radius 2 is 2.36 bits per heavy atom. The molecular formula is C8H12N4O2. The molecule has 1 aliphatic rings. The molecule has 0 radical (unpaired) electrons. The average Bonchev–Trinajstić information content (AvgIpc) is 2.72. The minimum atomic E-state index is 0.0741. The highest BCUT2D eigenvalue weighted by atomic mass is 16.5. The van der Waals surface area contributed by atoms with E-state index in [0.717, 1.165) is 26.2 Å². The normalized spacial score (nSPS) is 17.0. The number of nitrogens with zero attached hydrogens (tertiary/aromatic N) is 3. The highest BCUT2D eigenvalue weighted by molar-refractivity contribution is 5.78. The number of rotatable bonds is 2. The van der Waals surface area contributed by atoms with Crippen LogP contribution >= 0.6 is 0 Å². The lowest BCUT2D eigenvalue weighted by molar-refractivity contribution is -0.131. The molecule has 0 atom stereocenters. The maximum Gasteiger partial charge on any atom is 0.230 e. The Bertz CT molecular complexity index is 292. The Hall–Kier alpha value is -1.43. The monoisotopic (exact) mass is 196 g/mol. The van der Waals surface area contributed by atoms with E-state index < -0.39 is 0 Å². The van der Waals surface area contributed by atoms with Crippen LogP contribution in [-0.4, -0.2) is 47.4 Å². The van der Waals surface area contributed by atoms with Gasteiger partial charge in [0, 0.05) is 31.5 Å². The molecule has 0 aromatic carbocycles. The summed E-state index contributed by atoms with van der Waals surface area (Å²) in [6, 6.07) is 0. The third-order valence-corrected chi connectivity index (χ3v) is 2.20. The van der Waals surface area contributed by atoms with Crippen molar-refractivity contribution < 1.29 is 9.32 Å². The zero-order chi connectivity index (χ0) is 9.80. The third-order valence-electron chi connectivity index (χ3n) is 2.20. The van der Waals surface area contributed by atoms with E-state index in [9.17, 15) is 4.79 Å². The molecule has 0 unspecified atom stereocenters. The molecule has 0 spiro atoms. The number of hydrogen-bond acceptors (Lipinski definition) is 5. The Balaban J connectivity index is 1.88. The summed E-state index contributed by atoms with van der Waals surface area (Å²) in [5, 5.41) is 10.0. The minimum absolute atomic E-state index is 0.0741. The summed E-state index contributed by atoms with van der Waals surface area (Å²) in [7, 11) is 0. The molecule has 1 aromatic rings. The molecule has 0 aliphatic carbocycles. The first kappa shape index (κ1) is 9.14. The molecule has 1 fully saturated rings. The number of aromatic nitrogens is 2. The predicted molar refractivity (Wildman–Crippen MR) is 47.5 cm³/mol. The quantitative estimate of drug-likeness (QED) is 0.660. The molecule has 76 valence electrons. The fourth-order valence-electron chi connectivity index (χ4n) is 1.44. The van der Waals surface area contributed by atoms with Crippen molar-refractivity contribution >= 4 is 5.91 Å². The fraction of sp³-hybridized carbons (Fsp3) is 0.625. The molecule has 6 heteroatoms. The summed E-state index contributed by atoms with van der Waals surface area (Å²) in [4.78, 5) is 13.5. The van der Waals surface area contributed by atoms with E-state index >= 15 is 0 Å². The summed E-state index contributed by atoms with van der Waals surface area (Å²) in [6.45, 7) is 3.25. The van der Waals surface area contributed by atoms with Crippen molar-refractivity contribution in [2.24, 2.45) is 0 Å². The number of hydrogen-bond donors (Lipinski definition) is 1. The van der Waals surface area contributed by atoms with Gasteiger partial charge in [0.25, 0.3) is 0 Å². The molecule has 2 heterocycles. The maximum atomic E-state index is 11.6. The van der Waals surface area contributed by atoms with Gasteiger partial charge in [-0.15, -0.1) is 5.10 Å². The van der Waals surface area contributed by atoms with Gasteiger partial charge in [-0.3, -0.25) is 4.79 Å². The van der Waals surface area contributed by atoms with E-state index in [2.05, 4.69) is 15.7 Å². The number of carbonyl (C=O) groups excluding carboxylic acids is 1. The smallest absolute Gasteiger partial charge is 0.230 e. The Labute approximate surface area is 81.2 Å². The van der Waals surface area contributed by atoms with Crippen LogP contribution in [0, 0.1) is 0 Å². The van der Waals surface area contributed by atoms with Gasteiger partial charge in [0.1, 0.15) is 0 Å². The molecule has 0 saturated carbocycles. The first-order chi connectivity index (χ1) is 6.86. The number of amides is 1. The van der Waals surface area contributed by atoms with Gasteiger partial charge in [-0.25, -0.2) is 0 Å². The largest absolute Gasteiger partial charge is 0.342 e. The first-order valence-corrected chi connectivity index (χ1v) is 4.61. The lowest BCUT2D eigenvalue weighted by atomic mass is 10.3. The second-order valence-corrected chi connectivity index (χ2v) is 3.19. The van der Waals surface area contributed by atoms with Crippen LogP contribution in [0.1, 0.15) is 5.76 Å². The van der Waals surface area contributed by atoms with E-state index in [-0.39, 0.29) is 12.3 Å². The van der Waals surface area contributed by atoms with Crippen LogP contribution in [0.2, 0.25) is 0 Å². The van der Waals surface area contributed by atoms with E-state index in [4.69, 9.17) is 4.52 Å². The topological polar surface area (TPSA) is 71.3 Å². The molecule has 1 aliphatic heterocycles. The third kappa shape index (κ3) is 2.08. The van der Waals surface area contributed by atoms with Gasteiger partial charge >= 0.3 is 0 Å². The second kappa shape index (κ2) is 4.19. The van der Waals surface area contributed by atoms with Crippen molar-refractivity contribution in [3.05, 3.63) is 12.0 Å². The number of piperazine rings is 1.